The minimum atomic E-state index is 0.305. The molecule has 0 fully saturated rings. The summed E-state index contributed by atoms with van der Waals surface area (Å²) in [7, 11) is 0. The molecular formula is C14H8ClN3O. The summed E-state index contributed by atoms with van der Waals surface area (Å²) in [6.45, 7) is 0.305. The summed E-state index contributed by atoms with van der Waals surface area (Å²) in [4.78, 5) is 3.88. The molecule has 2 rings (SSSR count). The smallest absolute Gasteiger partial charge is 0.140 e. The van der Waals surface area contributed by atoms with E-state index in [-0.39, 0.29) is 0 Å². The van der Waals surface area contributed by atoms with Gasteiger partial charge in [0.15, 0.2) is 0 Å². The van der Waals surface area contributed by atoms with E-state index >= 15 is 0 Å². The summed E-state index contributed by atoms with van der Waals surface area (Å²) in [5.74, 6) is 0.569. The third kappa shape index (κ3) is 3.22. The Morgan fingerprint density at radius 1 is 1.16 bits per heavy atom. The van der Waals surface area contributed by atoms with E-state index in [0.717, 1.165) is 5.56 Å². The van der Waals surface area contributed by atoms with Gasteiger partial charge < -0.3 is 4.74 Å². The lowest BCUT2D eigenvalue weighted by molar-refractivity contribution is 0.306. The molecule has 0 spiro atoms. The Kier molecular flexibility index (Phi) is 3.97. The lowest BCUT2D eigenvalue weighted by Crippen LogP contribution is -1.97. The molecule has 0 saturated carbocycles. The van der Waals surface area contributed by atoms with E-state index in [2.05, 4.69) is 4.98 Å². The van der Waals surface area contributed by atoms with Crippen LogP contribution in [-0.4, -0.2) is 4.98 Å². The molecular weight excluding hydrogens is 262 g/mol. The van der Waals surface area contributed by atoms with Crippen molar-refractivity contribution in [1.29, 1.82) is 10.5 Å². The van der Waals surface area contributed by atoms with Crippen molar-refractivity contribution in [3.8, 4) is 17.9 Å². The van der Waals surface area contributed by atoms with Crippen LogP contribution in [0.3, 0.4) is 0 Å². The summed E-state index contributed by atoms with van der Waals surface area (Å²) in [5.41, 5.74) is 1.59. The van der Waals surface area contributed by atoms with Crippen molar-refractivity contribution in [2.45, 2.75) is 6.61 Å². The maximum absolute atomic E-state index is 8.76. The van der Waals surface area contributed by atoms with E-state index in [0.29, 0.717) is 28.6 Å². The van der Waals surface area contributed by atoms with E-state index in [4.69, 9.17) is 26.9 Å². The van der Waals surface area contributed by atoms with E-state index in [1.165, 1.54) is 0 Å². The molecule has 4 nitrogen and oxygen atoms in total. The summed E-state index contributed by atoms with van der Waals surface area (Å²) in [6, 6.07) is 12.2. The summed E-state index contributed by atoms with van der Waals surface area (Å²) < 4.78 is 5.54. The Morgan fingerprint density at radius 2 is 2.00 bits per heavy atom. The minimum Gasteiger partial charge on any atom is -0.489 e. The highest BCUT2D eigenvalue weighted by atomic mass is 35.5. The second-order valence-corrected chi connectivity index (χ2v) is 4.11. The van der Waals surface area contributed by atoms with Gasteiger partial charge in [-0.25, -0.2) is 4.98 Å². The lowest BCUT2D eigenvalue weighted by atomic mass is 10.2. The number of benzene rings is 1. The van der Waals surface area contributed by atoms with Crippen molar-refractivity contribution in [3.05, 3.63) is 58.4 Å². The molecule has 0 aliphatic carbocycles. The Balaban J connectivity index is 2.09. The van der Waals surface area contributed by atoms with Crippen LogP contribution in [0.15, 0.2) is 36.5 Å². The maximum Gasteiger partial charge on any atom is 0.140 e. The average Bonchev–Trinajstić information content (AvgIpc) is 2.45. The predicted molar refractivity (Wildman–Crippen MR) is 69.5 cm³/mol. The fraction of sp³-hybridized carbons (Fsp3) is 0.0714. The first-order valence-corrected chi connectivity index (χ1v) is 5.78. The Hall–Kier alpha value is -2.56. The third-order valence-corrected chi connectivity index (χ3v) is 2.72. The molecule has 0 bridgehead atoms. The summed E-state index contributed by atoms with van der Waals surface area (Å²) in [6.07, 6.45) is 1.56. The Morgan fingerprint density at radius 3 is 2.68 bits per heavy atom. The number of pyridine rings is 1. The van der Waals surface area contributed by atoms with Crippen LogP contribution in [-0.2, 0) is 6.61 Å². The number of hydrogen-bond acceptors (Lipinski definition) is 4. The van der Waals surface area contributed by atoms with Gasteiger partial charge in [-0.2, -0.15) is 10.5 Å². The molecule has 1 heterocycles. The van der Waals surface area contributed by atoms with E-state index in [1.807, 2.05) is 12.1 Å². The highest BCUT2D eigenvalue weighted by molar-refractivity contribution is 6.31. The van der Waals surface area contributed by atoms with Gasteiger partial charge in [0.1, 0.15) is 30.2 Å². The molecule has 0 aliphatic heterocycles. The van der Waals surface area contributed by atoms with Gasteiger partial charge in [0, 0.05) is 12.3 Å². The number of nitriles is 2. The topological polar surface area (TPSA) is 69.7 Å². The molecule has 2 aromatic rings. The largest absolute Gasteiger partial charge is 0.489 e. The zero-order chi connectivity index (χ0) is 13.7. The molecule has 0 amide bonds. The molecule has 0 N–H and O–H groups in total. The number of hydrogen-bond donors (Lipinski definition) is 0. The van der Waals surface area contributed by atoms with Crippen LogP contribution in [0.25, 0.3) is 0 Å². The van der Waals surface area contributed by atoms with Crippen molar-refractivity contribution < 1.29 is 4.74 Å². The second-order valence-electron chi connectivity index (χ2n) is 3.70. The molecule has 0 unspecified atom stereocenters. The van der Waals surface area contributed by atoms with Crippen LogP contribution in [0.2, 0.25) is 5.02 Å². The highest BCUT2D eigenvalue weighted by Gasteiger charge is 2.03. The summed E-state index contributed by atoms with van der Waals surface area (Å²) in [5, 5.41) is 17.9. The third-order valence-electron chi connectivity index (χ3n) is 2.41. The Labute approximate surface area is 115 Å². The average molecular weight is 270 g/mol. The number of ether oxygens (including phenoxy) is 1. The van der Waals surface area contributed by atoms with E-state index in [1.54, 1.807) is 36.5 Å². The van der Waals surface area contributed by atoms with Crippen LogP contribution >= 0.6 is 11.6 Å². The highest BCUT2D eigenvalue weighted by Crippen LogP contribution is 2.22. The van der Waals surface area contributed by atoms with Gasteiger partial charge in [0.05, 0.1) is 10.6 Å². The first-order valence-electron chi connectivity index (χ1n) is 5.40. The van der Waals surface area contributed by atoms with Crippen molar-refractivity contribution in [2.75, 3.05) is 0 Å². The molecule has 5 heteroatoms. The zero-order valence-electron chi connectivity index (χ0n) is 9.80. The molecule has 92 valence electrons. The molecule has 1 aromatic carbocycles. The predicted octanol–water partition coefficient (Wildman–Crippen LogP) is 3.06. The minimum absolute atomic E-state index is 0.305. The molecule has 0 aliphatic rings. The number of nitrogens with zero attached hydrogens (tertiary/aromatic N) is 3. The van der Waals surface area contributed by atoms with Gasteiger partial charge in [-0.05, 0) is 29.8 Å². The van der Waals surface area contributed by atoms with E-state index < -0.39 is 0 Å². The van der Waals surface area contributed by atoms with Crippen molar-refractivity contribution in [2.24, 2.45) is 0 Å². The number of aromatic nitrogens is 1. The molecule has 0 radical (unpaired) electrons. The van der Waals surface area contributed by atoms with Crippen LogP contribution in [0.4, 0.5) is 0 Å². The lowest BCUT2D eigenvalue weighted by Gasteiger charge is -2.07. The maximum atomic E-state index is 8.76. The van der Waals surface area contributed by atoms with Crippen molar-refractivity contribution in [1.82, 2.24) is 4.98 Å². The quantitative estimate of drug-likeness (QED) is 0.859. The fourth-order valence-electron chi connectivity index (χ4n) is 1.47. The first-order chi connectivity index (χ1) is 9.22. The van der Waals surface area contributed by atoms with Crippen molar-refractivity contribution >= 4 is 11.6 Å². The second kappa shape index (κ2) is 5.86. The fourth-order valence-corrected chi connectivity index (χ4v) is 1.68. The standard InChI is InChI=1S/C14H8ClN3O/c15-14-6-13(2-1-11(14)7-16)19-9-10-3-4-18-12(5-10)8-17/h1-6H,9H2. The monoisotopic (exact) mass is 269 g/mol. The zero-order valence-corrected chi connectivity index (χ0v) is 10.6. The normalized spacial score (nSPS) is 9.42. The first kappa shape index (κ1) is 12.9. The number of rotatable bonds is 3. The van der Waals surface area contributed by atoms with E-state index in [9.17, 15) is 0 Å². The molecule has 19 heavy (non-hydrogen) atoms. The van der Waals surface area contributed by atoms with Gasteiger partial charge in [0.2, 0.25) is 0 Å². The molecule has 0 atom stereocenters. The van der Waals surface area contributed by atoms with Gasteiger partial charge in [0.25, 0.3) is 0 Å². The van der Waals surface area contributed by atoms with Gasteiger partial charge >= 0.3 is 0 Å². The van der Waals surface area contributed by atoms with Crippen LogP contribution in [0.1, 0.15) is 16.8 Å². The van der Waals surface area contributed by atoms with Gasteiger partial charge in [-0.15, -0.1) is 0 Å². The SMILES string of the molecule is N#Cc1cc(COc2ccc(C#N)c(Cl)c2)ccn1. The van der Waals surface area contributed by atoms with Gasteiger partial charge in [-0.3, -0.25) is 0 Å². The van der Waals surface area contributed by atoms with Gasteiger partial charge in [-0.1, -0.05) is 11.6 Å². The van der Waals surface area contributed by atoms with Crippen LogP contribution < -0.4 is 4.74 Å². The Bertz CT molecular complexity index is 686. The van der Waals surface area contributed by atoms with Crippen LogP contribution in [0, 0.1) is 22.7 Å². The summed E-state index contributed by atoms with van der Waals surface area (Å²) >= 11 is 5.90. The van der Waals surface area contributed by atoms with Crippen molar-refractivity contribution in [3.63, 3.8) is 0 Å². The van der Waals surface area contributed by atoms with Crippen LogP contribution in [0.5, 0.6) is 5.75 Å². The number of halogens is 1. The molecule has 0 saturated heterocycles. The molecule has 1 aromatic heterocycles.